The van der Waals surface area contributed by atoms with E-state index in [1.807, 2.05) is 6.07 Å². The molecule has 3 heteroatoms. The number of nitrogens with zero attached hydrogens (tertiary/aromatic N) is 2. The van der Waals surface area contributed by atoms with E-state index in [-0.39, 0.29) is 6.04 Å². The minimum Gasteiger partial charge on any atom is -0.206 e. The van der Waals surface area contributed by atoms with Crippen LogP contribution < -0.4 is 0 Å². The minimum absolute atomic E-state index is 0.193. The van der Waals surface area contributed by atoms with Crippen LogP contribution in [0, 0.1) is 11.3 Å². The summed E-state index contributed by atoms with van der Waals surface area (Å²) in [4.78, 5) is 0. The Balaban J connectivity index is 3.40. The largest absolute Gasteiger partial charge is 0.206 e. The number of hydrogen-bond acceptors (Lipinski definition) is 2. The minimum atomic E-state index is -0.193. The van der Waals surface area contributed by atoms with E-state index in [1.54, 1.807) is 14.0 Å². The third kappa shape index (κ3) is 2.44. The zero-order chi connectivity index (χ0) is 5.86. The zero-order valence-corrected chi connectivity index (χ0v) is 5.11. The maximum atomic E-state index is 8.13. The van der Waals surface area contributed by atoms with Gasteiger partial charge in [-0.15, -0.1) is 0 Å². The highest BCUT2D eigenvalue weighted by Gasteiger charge is 2.00. The molecule has 0 spiro atoms. The molecule has 0 aliphatic heterocycles. The molecule has 0 aliphatic carbocycles. The van der Waals surface area contributed by atoms with Crippen LogP contribution in [0.4, 0.5) is 0 Å². The van der Waals surface area contributed by atoms with Crippen molar-refractivity contribution >= 4 is 11.8 Å². The van der Waals surface area contributed by atoms with E-state index in [0.717, 1.165) is 0 Å². The number of halogens is 1. The highest BCUT2D eigenvalue weighted by Crippen LogP contribution is 1.94. The van der Waals surface area contributed by atoms with Crippen molar-refractivity contribution in [2.45, 2.75) is 13.0 Å². The molecule has 1 atom stereocenters. The lowest BCUT2D eigenvalue weighted by Gasteiger charge is -2.05. The average Bonchev–Trinajstić information content (AvgIpc) is 1.65. The van der Waals surface area contributed by atoms with Crippen molar-refractivity contribution in [3.63, 3.8) is 0 Å². The highest BCUT2D eigenvalue weighted by atomic mass is 35.5. The predicted octanol–water partition coefficient (Wildman–Crippen LogP) is 0.984. The van der Waals surface area contributed by atoms with Crippen LogP contribution in [0.15, 0.2) is 0 Å². The molecule has 7 heavy (non-hydrogen) atoms. The van der Waals surface area contributed by atoms with Gasteiger partial charge in [0.2, 0.25) is 0 Å². The van der Waals surface area contributed by atoms with Crippen LogP contribution in [0.1, 0.15) is 6.92 Å². The second kappa shape index (κ2) is 2.84. The third-order valence-corrected chi connectivity index (χ3v) is 1.01. The molecule has 0 amide bonds. The Kier molecular flexibility index (Phi) is 2.73. The fourth-order valence-corrected chi connectivity index (χ4v) is 0.123. The quantitative estimate of drug-likeness (QED) is 0.480. The first-order valence-electron chi connectivity index (χ1n) is 1.96. The lowest BCUT2D eigenvalue weighted by molar-refractivity contribution is 0.501. The van der Waals surface area contributed by atoms with Gasteiger partial charge in [0.05, 0.1) is 6.07 Å². The fourth-order valence-electron chi connectivity index (χ4n) is 0.0796. The maximum absolute atomic E-state index is 8.13. The highest BCUT2D eigenvalue weighted by molar-refractivity contribution is 6.13. The van der Waals surface area contributed by atoms with Gasteiger partial charge in [0, 0.05) is 7.05 Å². The first-order valence-corrected chi connectivity index (χ1v) is 2.30. The van der Waals surface area contributed by atoms with Gasteiger partial charge >= 0.3 is 0 Å². The van der Waals surface area contributed by atoms with Crippen molar-refractivity contribution in [2.75, 3.05) is 7.05 Å². The molecule has 40 valence electrons. The smallest absolute Gasteiger partial charge is 0.109 e. The van der Waals surface area contributed by atoms with Crippen LogP contribution in [0.2, 0.25) is 0 Å². The van der Waals surface area contributed by atoms with E-state index >= 15 is 0 Å². The first kappa shape index (κ1) is 6.74. The summed E-state index contributed by atoms with van der Waals surface area (Å²) in [5.41, 5.74) is 0. The molecule has 0 aliphatic rings. The molecule has 0 N–H and O–H groups in total. The van der Waals surface area contributed by atoms with Crippen LogP contribution in [-0.2, 0) is 0 Å². The molecule has 0 saturated carbocycles. The SMILES string of the molecule is CC(C#N)N(C)Cl. The van der Waals surface area contributed by atoms with Crippen molar-refractivity contribution in [1.29, 1.82) is 5.26 Å². The lowest BCUT2D eigenvalue weighted by Crippen LogP contribution is -2.16. The second-order valence-corrected chi connectivity index (χ2v) is 1.86. The molecule has 0 aromatic heterocycles. The molecule has 0 fully saturated rings. The van der Waals surface area contributed by atoms with E-state index in [9.17, 15) is 0 Å². The van der Waals surface area contributed by atoms with Gasteiger partial charge in [-0.3, -0.25) is 0 Å². The van der Waals surface area contributed by atoms with Crippen LogP contribution in [0.3, 0.4) is 0 Å². The summed E-state index contributed by atoms with van der Waals surface area (Å²) in [7, 11) is 1.65. The van der Waals surface area contributed by atoms with Gasteiger partial charge in [0.15, 0.2) is 0 Å². The summed E-state index contributed by atoms with van der Waals surface area (Å²) in [5.74, 6) is 0. The van der Waals surface area contributed by atoms with Crippen molar-refractivity contribution in [3.05, 3.63) is 0 Å². The monoisotopic (exact) mass is 118 g/mol. The molecule has 0 aromatic carbocycles. The van der Waals surface area contributed by atoms with E-state index in [2.05, 4.69) is 0 Å². The molecule has 0 saturated heterocycles. The molecule has 0 bridgehead atoms. The van der Waals surface area contributed by atoms with Crippen molar-refractivity contribution in [1.82, 2.24) is 4.42 Å². The summed E-state index contributed by atoms with van der Waals surface area (Å²) in [6.07, 6.45) is 0. The summed E-state index contributed by atoms with van der Waals surface area (Å²) >= 11 is 5.34. The van der Waals surface area contributed by atoms with E-state index in [0.29, 0.717) is 0 Å². The number of nitriles is 1. The van der Waals surface area contributed by atoms with E-state index in [1.165, 1.54) is 4.42 Å². The van der Waals surface area contributed by atoms with Gasteiger partial charge in [-0.2, -0.15) is 5.26 Å². The topological polar surface area (TPSA) is 27.0 Å². The van der Waals surface area contributed by atoms with Gasteiger partial charge in [-0.05, 0) is 18.7 Å². The van der Waals surface area contributed by atoms with Crippen molar-refractivity contribution in [3.8, 4) is 6.07 Å². The Morgan fingerprint density at radius 1 is 1.86 bits per heavy atom. The van der Waals surface area contributed by atoms with Gasteiger partial charge in [-0.1, -0.05) is 0 Å². The van der Waals surface area contributed by atoms with Crippen molar-refractivity contribution < 1.29 is 0 Å². The second-order valence-electron chi connectivity index (χ2n) is 1.33. The Bertz CT molecular complexity index is 84.2. The van der Waals surface area contributed by atoms with Crippen molar-refractivity contribution in [2.24, 2.45) is 0 Å². The predicted molar refractivity (Wildman–Crippen MR) is 28.7 cm³/mol. The Morgan fingerprint density at radius 2 is 2.29 bits per heavy atom. The zero-order valence-electron chi connectivity index (χ0n) is 4.35. The molecule has 0 aromatic rings. The maximum Gasteiger partial charge on any atom is 0.109 e. The van der Waals surface area contributed by atoms with E-state index in [4.69, 9.17) is 17.0 Å². The molecule has 0 rings (SSSR count). The van der Waals surface area contributed by atoms with Crippen LogP contribution in [0.25, 0.3) is 0 Å². The van der Waals surface area contributed by atoms with Gasteiger partial charge in [0.25, 0.3) is 0 Å². The summed E-state index contributed by atoms with van der Waals surface area (Å²) in [6.45, 7) is 1.73. The molecular weight excluding hydrogens is 112 g/mol. The summed E-state index contributed by atoms with van der Waals surface area (Å²) < 4.78 is 1.33. The molecular formula is C4H7ClN2. The Labute approximate surface area is 48.4 Å². The number of hydrogen-bond donors (Lipinski definition) is 0. The molecule has 0 radical (unpaired) electrons. The standard InChI is InChI=1S/C4H7ClN2/c1-4(3-6)7(2)5/h4H,1-2H3. The average molecular weight is 119 g/mol. The summed E-state index contributed by atoms with van der Waals surface area (Å²) in [6, 6.07) is 1.77. The van der Waals surface area contributed by atoms with Gasteiger partial charge in [-0.25, -0.2) is 4.42 Å². The molecule has 2 nitrogen and oxygen atoms in total. The van der Waals surface area contributed by atoms with Crippen LogP contribution in [-0.4, -0.2) is 17.5 Å². The molecule has 0 heterocycles. The van der Waals surface area contributed by atoms with Crippen LogP contribution in [0.5, 0.6) is 0 Å². The Morgan fingerprint density at radius 3 is 2.29 bits per heavy atom. The summed E-state index contributed by atoms with van der Waals surface area (Å²) in [5, 5.41) is 8.13. The van der Waals surface area contributed by atoms with Gasteiger partial charge in [0.1, 0.15) is 6.04 Å². The van der Waals surface area contributed by atoms with Gasteiger partial charge < -0.3 is 0 Å². The van der Waals surface area contributed by atoms with Crippen LogP contribution >= 0.6 is 11.8 Å². The van der Waals surface area contributed by atoms with E-state index < -0.39 is 0 Å². The lowest BCUT2D eigenvalue weighted by atomic mass is 10.4. The number of rotatable bonds is 1. The fraction of sp³-hybridized carbons (Fsp3) is 0.750. The first-order chi connectivity index (χ1) is 3.18. The molecule has 1 unspecified atom stereocenters. The third-order valence-electron chi connectivity index (χ3n) is 0.721. The normalized spacial score (nSPS) is 13.6. The Hall–Kier alpha value is -0.260.